The third-order valence-corrected chi connectivity index (χ3v) is 8.43. The number of nitrogens with zero attached hydrogens (tertiary/aromatic N) is 4. The third kappa shape index (κ3) is 4.25. The van der Waals surface area contributed by atoms with Gasteiger partial charge in [-0.2, -0.15) is 4.31 Å². The summed E-state index contributed by atoms with van der Waals surface area (Å²) in [6, 6.07) is 4.35. The van der Waals surface area contributed by atoms with Crippen molar-refractivity contribution in [3.05, 3.63) is 39.0 Å². The molecule has 2 aliphatic rings. The number of carbonyl (C=O) groups is 1. The van der Waals surface area contributed by atoms with Gasteiger partial charge in [0.1, 0.15) is 0 Å². The van der Waals surface area contributed by atoms with E-state index in [0.29, 0.717) is 31.7 Å². The van der Waals surface area contributed by atoms with Crippen molar-refractivity contribution in [3.63, 3.8) is 0 Å². The molecule has 2 saturated heterocycles. The minimum atomic E-state index is -3.73. The largest absolute Gasteiger partial charge is 0.343 e. The van der Waals surface area contributed by atoms with E-state index in [1.807, 2.05) is 0 Å². The molecular weight excluding hydrogens is 432 g/mol. The topological polar surface area (TPSA) is 102 Å². The lowest BCUT2D eigenvalue weighted by Crippen LogP contribution is -2.40. The molecule has 0 radical (unpaired) electrons. The fraction of sp³-hybridized carbons (Fsp3) is 0.591. The molecule has 32 heavy (non-hydrogen) atoms. The van der Waals surface area contributed by atoms with Gasteiger partial charge in [0.25, 0.3) is 5.56 Å². The first-order valence-electron chi connectivity index (χ1n) is 11.3. The molecule has 0 atom stereocenters. The van der Waals surface area contributed by atoms with Crippen LogP contribution in [0.1, 0.15) is 44.9 Å². The van der Waals surface area contributed by atoms with Crippen LogP contribution in [-0.2, 0) is 28.4 Å². The van der Waals surface area contributed by atoms with Crippen LogP contribution >= 0.6 is 0 Å². The van der Waals surface area contributed by atoms with E-state index in [1.165, 1.54) is 27.1 Å². The molecule has 2 fully saturated rings. The van der Waals surface area contributed by atoms with Gasteiger partial charge < -0.3 is 4.90 Å². The number of rotatable bonds is 5. The third-order valence-electron chi connectivity index (χ3n) is 6.53. The van der Waals surface area contributed by atoms with Gasteiger partial charge in [0, 0.05) is 46.2 Å². The number of likely N-dealkylation sites (tertiary alicyclic amines) is 1. The number of hydrogen-bond acceptors (Lipinski definition) is 5. The number of sulfonamides is 1. The zero-order valence-corrected chi connectivity index (χ0v) is 19.3. The van der Waals surface area contributed by atoms with Gasteiger partial charge in [-0.15, -0.1) is 0 Å². The summed E-state index contributed by atoms with van der Waals surface area (Å²) in [6.45, 7) is 2.33. The van der Waals surface area contributed by atoms with Gasteiger partial charge in [-0.25, -0.2) is 13.2 Å². The van der Waals surface area contributed by atoms with Crippen LogP contribution in [0, 0.1) is 0 Å². The molecule has 2 aliphatic heterocycles. The summed E-state index contributed by atoms with van der Waals surface area (Å²) >= 11 is 0. The summed E-state index contributed by atoms with van der Waals surface area (Å²) in [6.07, 6.45) is 5.65. The fourth-order valence-corrected chi connectivity index (χ4v) is 6.16. The van der Waals surface area contributed by atoms with Crippen LogP contribution in [0.5, 0.6) is 0 Å². The monoisotopic (exact) mass is 462 g/mol. The molecule has 0 N–H and O–H groups in total. The van der Waals surface area contributed by atoms with Crippen LogP contribution < -0.4 is 11.2 Å². The second-order valence-corrected chi connectivity index (χ2v) is 10.6. The van der Waals surface area contributed by atoms with E-state index in [2.05, 4.69) is 0 Å². The number of hydrogen-bond donors (Lipinski definition) is 0. The van der Waals surface area contributed by atoms with Crippen molar-refractivity contribution in [2.45, 2.75) is 56.4 Å². The van der Waals surface area contributed by atoms with E-state index >= 15 is 0 Å². The second-order valence-electron chi connectivity index (χ2n) is 8.63. The SMILES string of the molecule is Cn1c(=O)n(CCC(=O)N2CCCC2)c(=O)c2cc(S(=O)(=O)N3CCCCCC3)ccc21. The second kappa shape index (κ2) is 9.19. The summed E-state index contributed by atoms with van der Waals surface area (Å²) in [5.41, 5.74) is -0.706. The van der Waals surface area contributed by atoms with Crippen LogP contribution in [0.4, 0.5) is 0 Å². The normalized spacial score (nSPS) is 18.2. The van der Waals surface area contributed by atoms with Crippen molar-refractivity contribution >= 4 is 26.8 Å². The van der Waals surface area contributed by atoms with Crippen molar-refractivity contribution in [3.8, 4) is 0 Å². The molecule has 2 aromatic rings. The van der Waals surface area contributed by atoms with Crippen molar-refractivity contribution in [2.24, 2.45) is 7.05 Å². The molecule has 0 bridgehead atoms. The van der Waals surface area contributed by atoms with E-state index in [0.717, 1.165) is 43.1 Å². The Morgan fingerprint density at radius 2 is 1.56 bits per heavy atom. The Morgan fingerprint density at radius 1 is 0.938 bits per heavy atom. The number of amides is 1. The summed E-state index contributed by atoms with van der Waals surface area (Å²) in [4.78, 5) is 40.1. The molecule has 174 valence electrons. The maximum atomic E-state index is 13.2. The first kappa shape index (κ1) is 22.7. The molecule has 3 heterocycles. The molecule has 9 nitrogen and oxygen atoms in total. The smallest absolute Gasteiger partial charge is 0.331 e. The quantitative estimate of drug-likeness (QED) is 0.666. The van der Waals surface area contributed by atoms with Crippen LogP contribution in [0.25, 0.3) is 10.9 Å². The Bertz CT molecular complexity index is 1230. The first-order valence-corrected chi connectivity index (χ1v) is 12.8. The van der Waals surface area contributed by atoms with Crippen LogP contribution in [0.15, 0.2) is 32.7 Å². The number of aromatic nitrogens is 2. The molecule has 1 aromatic carbocycles. The van der Waals surface area contributed by atoms with E-state index in [1.54, 1.807) is 11.9 Å². The van der Waals surface area contributed by atoms with Crippen LogP contribution in [0.3, 0.4) is 0 Å². The van der Waals surface area contributed by atoms with Crippen molar-refractivity contribution in [2.75, 3.05) is 26.2 Å². The van der Waals surface area contributed by atoms with Gasteiger partial charge in [0.05, 0.1) is 15.8 Å². The highest BCUT2D eigenvalue weighted by molar-refractivity contribution is 7.89. The Labute approximate surface area is 187 Å². The fourth-order valence-electron chi connectivity index (χ4n) is 4.62. The molecule has 4 rings (SSSR count). The molecule has 1 amide bonds. The highest BCUT2D eigenvalue weighted by Crippen LogP contribution is 2.22. The Balaban J connectivity index is 1.70. The summed E-state index contributed by atoms with van der Waals surface area (Å²) < 4.78 is 30.2. The number of fused-ring (bicyclic) bond motifs is 1. The predicted octanol–water partition coefficient (Wildman–Crippen LogP) is 1.28. The van der Waals surface area contributed by atoms with Gasteiger partial charge in [0.15, 0.2) is 0 Å². The standard InChI is InChI=1S/C22H30N4O5S/c1-23-19-9-8-17(32(30,31)25-13-4-2-3-5-14-25)16-18(19)21(28)26(22(23)29)15-10-20(27)24-11-6-7-12-24/h8-9,16H,2-7,10-15H2,1H3. The molecule has 10 heteroatoms. The average Bonchev–Trinajstić information content (AvgIpc) is 3.19. The zero-order chi connectivity index (χ0) is 22.9. The van der Waals surface area contributed by atoms with Crippen LogP contribution in [-0.4, -0.2) is 58.8 Å². The average molecular weight is 463 g/mol. The van der Waals surface area contributed by atoms with E-state index in [4.69, 9.17) is 0 Å². The lowest BCUT2D eigenvalue weighted by Gasteiger charge is -2.20. The van der Waals surface area contributed by atoms with Crippen molar-refractivity contribution in [1.29, 1.82) is 0 Å². The maximum Gasteiger partial charge on any atom is 0.331 e. The van der Waals surface area contributed by atoms with Gasteiger partial charge >= 0.3 is 5.69 Å². The van der Waals surface area contributed by atoms with Crippen molar-refractivity contribution in [1.82, 2.24) is 18.3 Å². The lowest BCUT2D eigenvalue weighted by atomic mass is 10.2. The summed E-state index contributed by atoms with van der Waals surface area (Å²) in [5.74, 6) is -0.0750. The van der Waals surface area contributed by atoms with Crippen LogP contribution in [0.2, 0.25) is 0 Å². The van der Waals surface area contributed by atoms with E-state index in [9.17, 15) is 22.8 Å². The lowest BCUT2D eigenvalue weighted by molar-refractivity contribution is -0.130. The molecule has 0 unspecified atom stereocenters. The molecular formula is C22H30N4O5S. The minimum absolute atomic E-state index is 0.0279. The minimum Gasteiger partial charge on any atom is -0.343 e. The molecule has 0 aliphatic carbocycles. The van der Waals surface area contributed by atoms with Gasteiger partial charge in [-0.3, -0.25) is 18.7 Å². The Kier molecular flexibility index (Phi) is 6.52. The summed E-state index contributed by atoms with van der Waals surface area (Å²) in [7, 11) is -2.18. The number of carbonyl (C=O) groups excluding carboxylic acids is 1. The van der Waals surface area contributed by atoms with E-state index in [-0.39, 0.29) is 29.2 Å². The molecule has 0 saturated carbocycles. The maximum absolute atomic E-state index is 13.2. The summed E-state index contributed by atoms with van der Waals surface area (Å²) in [5, 5.41) is 0.164. The predicted molar refractivity (Wildman–Crippen MR) is 121 cm³/mol. The van der Waals surface area contributed by atoms with Gasteiger partial charge in [0.2, 0.25) is 15.9 Å². The number of benzene rings is 1. The van der Waals surface area contributed by atoms with Gasteiger partial charge in [-0.05, 0) is 43.9 Å². The highest BCUT2D eigenvalue weighted by atomic mass is 32.2. The Morgan fingerprint density at radius 3 is 2.22 bits per heavy atom. The van der Waals surface area contributed by atoms with Crippen molar-refractivity contribution < 1.29 is 13.2 Å². The highest BCUT2D eigenvalue weighted by Gasteiger charge is 2.26. The van der Waals surface area contributed by atoms with Gasteiger partial charge in [-0.1, -0.05) is 12.8 Å². The van der Waals surface area contributed by atoms with E-state index < -0.39 is 21.3 Å². The molecule has 0 spiro atoms. The number of aryl methyl sites for hydroxylation is 1. The zero-order valence-electron chi connectivity index (χ0n) is 18.5. The molecule has 1 aromatic heterocycles. The Hall–Kier alpha value is -2.46. The first-order chi connectivity index (χ1) is 15.3.